The Hall–Kier alpha value is -0.570. The van der Waals surface area contributed by atoms with E-state index in [1.54, 1.807) is 0 Å². The number of hydrogen-bond donors (Lipinski definition) is 1. The van der Waals surface area contributed by atoms with E-state index < -0.39 is 0 Å². The average Bonchev–Trinajstić information content (AvgIpc) is 2.21. The van der Waals surface area contributed by atoms with Crippen molar-refractivity contribution >= 4 is 5.91 Å². The van der Waals surface area contributed by atoms with E-state index in [9.17, 15) is 4.79 Å². The van der Waals surface area contributed by atoms with E-state index in [-0.39, 0.29) is 17.9 Å². The first-order valence-corrected chi connectivity index (χ1v) is 6.40. The highest BCUT2D eigenvalue weighted by atomic mass is 16.2. The van der Waals surface area contributed by atoms with Gasteiger partial charge in [-0.2, -0.15) is 0 Å². The van der Waals surface area contributed by atoms with Gasteiger partial charge in [0.1, 0.15) is 0 Å². The third kappa shape index (κ3) is 2.76. The predicted octanol–water partition coefficient (Wildman–Crippen LogP) is 1.86. The van der Waals surface area contributed by atoms with Crippen molar-refractivity contribution in [1.29, 1.82) is 0 Å². The summed E-state index contributed by atoms with van der Waals surface area (Å²) in [5.74, 6) is 1.51. The van der Waals surface area contributed by atoms with Gasteiger partial charge in [0.15, 0.2) is 0 Å². The van der Waals surface area contributed by atoms with Gasteiger partial charge < -0.3 is 10.6 Å². The quantitative estimate of drug-likeness (QED) is 0.781. The van der Waals surface area contributed by atoms with Crippen molar-refractivity contribution in [1.82, 2.24) is 4.90 Å². The Morgan fingerprint density at radius 1 is 1.31 bits per heavy atom. The zero-order valence-corrected chi connectivity index (χ0v) is 11.2. The van der Waals surface area contributed by atoms with Crippen LogP contribution in [0.2, 0.25) is 0 Å². The molecular formula is C13H26N2O. The molecule has 16 heavy (non-hydrogen) atoms. The number of hydrogen-bond acceptors (Lipinski definition) is 2. The number of piperidine rings is 1. The van der Waals surface area contributed by atoms with Gasteiger partial charge in [0.05, 0.1) is 6.04 Å². The van der Waals surface area contributed by atoms with Crippen molar-refractivity contribution in [2.75, 3.05) is 6.54 Å². The van der Waals surface area contributed by atoms with Crippen LogP contribution in [-0.4, -0.2) is 29.4 Å². The minimum Gasteiger partial charge on any atom is -0.338 e. The van der Waals surface area contributed by atoms with Crippen molar-refractivity contribution in [2.45, 2.75) is 53.1 Å². The number of carbonyl (C=O) groups excluding carboxylic acids is 1. The maximum Gasteiger partial charge on any atom is 0.240 e. The van der Waals surface area contributed by atoms with Gasteiger partial charge in [-0.25, -0.2) is 0 Å². The fourth-order valence-electron chi connectivity index (χ4n) is 2.48. The monoisotopic (exact) mass is 226 g/mol. The van der Waals surface area contributed by atoms with Gasteiger partial charge in [0, 0.05) is 12.6 Å². The van der Waals surface area contributed by atoms with Crippen LogP contribution in [0.25, 0.3) is 0 Å². The summed E-state index contributed by atoms with van der Waals surface area (Å²) in [6.07, 6.45) is 1.21. The summed E-state index contributed by atoms with van der Waals surface area (Å²) in [7, 11) is 0. The molecule has 0 aromatic rings. The molecule has 0 aliphatic carbocycles. The van der Waals surface area contributed by atoms with Crippen LogP contribution in [0.15, 0.2) is 0 Å². The molecule has 2 N–H and O–H groups in total. The zero-order chi connectivity index (χ0) is 12.5. The van der Waals surface area contributed by atoms with Crippen LogP contribution in [0, 0.1) is 17.8 Å². The van der Waals surface area contributed by atoms with E-state index in [4.69, 9.17) is 5.73 Å². The maximum absolute atomic E-state index is 12.2. The Balaban J connectivity index is 2.74. The molecule has 0 aromatic heterocycles. The summed E-state index contributed by atoms with van der Waals surface area (Å²) in [6.45, 7) is 11.4. The van der Waals surface area contributed by atoms with Crippen LogP contribution in [0.3, 0.4) is 0 Å². The second kappa shape index (κ2) is 5.17. The molecule has 1 amide bonds. The van der Waals surface area contributed by atoms with Crippen LogP contribution in [0.5, 0.6) is 0 Å². The molecule has 3 nitrogen and oxygen atoms in total. The highest BCUT2D eigenvalue weighted by Gasteiger charge is 2.34. The standard InChI is InChI=1S/C13H26N2O/c1-8(2)12(14)13(16)15-7-9(3)6-10(4)11(15)5/h8-12H,6-7,14H2,1-5H3/t9?,10?,11?,12-/m1/s1. The lowest BCUT2D eigenvalue weighted by molar-refractivity contribution is -0.139. The van der Waals surface area contributed by atoms with Crippen LogP contribution >= 0.6 is 0 Å². The fraction of sp³-hybridized carbons (Fsp3) is 0.923. The molecule has 1 aliphatic rings. The first-order valence-electron chi connectivity index (χ1n) is 6.40. The molecule has 0 bridgehead atoms. The molecule has 94 valence electrons. The first-order chi connectivity index (χ1) is 7.34. The molecule has 0 radical (unpaired) electrons. The molecule has 0 spiro atoms. The summed E-state index contributed by atoms with van der Waals surface area (Å²) in [4.78, 5) is 14.2. The summed E-state index contributed by atoms with van der Waals surface area (Å²) < 4.78 is 0. The van der Waals surface area contributed by atoms with Gasteiger partial charge in [0.25, 0.3) is 0 Å². The van der Waals surface area contributed by atoms with Crippen molar-refractivity contribution in [3.8, 4) is 0 Å². The second-order valence-corrected chi connectivity index (χ2v) is 5.82. The number of rotatable bonds is 2. The Morgan fingerprint density at radius 2 is 1.88 bits per heavy atom. The molecule has 1 saturated heterocycles. The van der Waals surface area contributed by atoms with E-state index >= 15 is 0 Å². The normalized spacial score (nSPS) is 32.9. The summed E-state index contributed by atoms with van der Waals surface area (Å²) >= 11 is 0. The Labute approximate surface area is 99.4 Å². The smallest absolute Gasteiger partial charge is 0.240 e. The number of nitrogens with two attached hydrogens (primary N) is 1. The SMILES string of the molecule is CC1CC(C)C(C)N(C(=O)[C@H](N)C(C)C)C1. The van der Waals surface area contributed by atoms with Gasteiger partial charge in [-0.3, -0.25) is 4.79 Å². The third-order valence-corrected chi connectivity index (χ3v) is 3.88. The number of nitrogens with zero attached hydrogens (tertiary/aromatic N) is 1. The highest BCUT2D eigenvalue weighted by Crippen LogP contribution is 2.27. The summed E-state index contributed by atoms with van der Waals surface area (Å²) in [5.41, 5.74) is 5.95. The Bertz CT molecular complexity index is 252. The van der Waals surface area contributed by atoms with Gasteiger partial charge >= 0.3 is 0 Å². The highest BCUT2D eigenvalue weighted by molar-refractivity contribution is 5.82. The van der Waals surface area contributed by atoms with E-state index in [1.165, 1.54) is 6.42 Å². The molecule has 4 atom stereocenters. The number of amides is 1. The van der Waals surface area contributed by atoms with Crippen molar-refractivity contribution in [3.05, 3.63) is 0 Å². The molecule has 0 saturated carbocycles. The first kappa shape index (κ1) is 13.5. The molecule has 1 rings (SSSR count). The predicted molar refractivity (Wildman–Crippen MR) is 66.9 cm³/mol. The van der Waals surface area contributed by atoms with Crippen LogP contribution in [-0.2, 0) is 4.79 Å². The van der Waals surface area contributed by atoms with Crippen molar-refractivity contribution < 1.29 is 4.79 Å². The molecular weight excluding hydrogens is 200 g/mol. The third-order valence-electron chi connectivity index (χ3n) is 3.88. The summed E-state index contributed by atoms with van der Waals surface area (Å²) in [6, 6.07) is -0.0200. The Morgan fingerprint density at radius 3 is 2.38 bits per heavy atom. The van der Waals surface area contributed by atoms with Crippen LogP contribution in [0.4, 0.5) is 0 Å². The second-order valence-electron chi connectivity index (χ2n) is 5.82. The summed E-state index contributed by atoms with van der Waals surface area (Å²) in [5, 5.41) is 0. The molecule has 3 unspecified atom stereocenters. The van der Waals surface area contributed by atoms with E-state index in [2.05, 4.69) is 20.8 Å². The molecule has 1 fully saturated rings. The maximum atomic E-state index is 12.2. The number of likely N-dealkylation sites (tertiary alicyclic amines) is 1. The molecule has 1 aliphatic heterocycles. The van der Waals surface area contributed by atoms with Gasteiger partial charge in [0.2, 0.25) is 5.91 Å². The van der Waals surface area contributed by atoms with Crippen LogP contribution < -0.4 is 5.73 Å². The van der Waals surface area contributed by atoms with Gasteiger partial charge in [-0.05, 0) is 31.1 Å². The molecule has 3 heteroatoms. The van der Waals surface area contributed by atoms with E-state index in [1.807, 2.05) is 18.7 Å². The van der Waals surface area contributed by atoms with Crippen molar-refractivity contribution in [2.24, 2.45) is 23.5 Å². The topological polar surface area (TPSA) is 46.3 Å². The fourth-order valence-corrected chi connectivity index (χ4v) is 2.48. The molecule has 0 aromatic carbocycles. The zero-order valence-electron chi connectivity index (χ0n) is 11.2. The van der Waals surface area contributed by atoms with E-state index in [0.29, 0.717) is 17.9 Å². The lowest BCUT2D eigenvalue weighted by Crippen LogP contribution is -2.55. The lowest BCUT2D eigenvalue weighted by atomic mass is 9.85. The lowest BCUT2D eigenvalue weighted by Gasteiger charge is -2.42. The largest absolute Gasteiger partial charge is 0.338 e. The van der Waals surface area contributed by atoms with E-state index in [0.717, 1.165) is 6.54 Å². The van der Waals surface area contributed by atoms with Gasteiger partial charge in [-0.1, -0.05) is 27.7 Å². The van der Waals surface area contributed by atoms with Crippen molar-refractivity contribution in [3.63, 3.8) is 0 Å². The molecule has 1 heterocycles. The average molecular weight is 226 g/mol. The van der Waals surface area contributed by atoms with Gasteiger partial charge in [-0.15, -0.1) is 0 Å². The van der Waals surface area contributed by atoms with Crippen LogP contribution in [0.1, 0.15) is 41.0 Å². The minimum absolute atomic E-state index is 0.126. The Kier molecular flexibility index (Phi) is 4.36. The number of carbonyl (C=O) groups is 1. The minimum atomic E-state index is -0.347.